The number of aliphatic hydroxyl groups excluding tert-OH is 1. The van der Waals surface area contributed by atoms with Crippen LogP contribution in [0.3, 0.4) is 0 Å². The molecular weight excluding hydrogens is 349 g/mol. The Bertz CT molecular complexity index is 557. The molecule has 9 heteroatoms. The fourth-order valence-electron chi connectivity index (χ4n) is 2.34. The van der Waals surface area contributed by atoms with Crippen LogP contribution in [0.2, 0.25) is 0 Å². The summed E-state index contributed by atoms with van der Waals surface area (Å²) in [5.74, 6) is -0.572. The van der Waals surface area contributed by atoms with Gasteiger partial charge in [0.25, 0.3) is 0 Å². The molecule has 5 nitrogen and oxygen atoms in total. The van der Waals surface area contributed by atoms with Crippen molar-refractivity contribution < 1.29 is 27.8 Å². The summed E-state index contributed by atoms with van der Waals surface area (Å²) in [6, 6.07) is 3.97. The number of halogens is 4. The van der Waals surface area contributed by atoms with Crippen molar-refractivity contribution in [2.45, 2.75) is 37.7 Å². The summed E-state index contributed by atoms with van der Waals surface area (Å²) in [5.41, 5.74) is -0.848. The molecule has 1 fully saturated rings. The molecule has 24 heavy (non-hydrogen) atoms. The summed E-state index contributed by atoms with van der Waals surface area (Å²) < 4.78 is 43.7. The van der Waals surface area contributed by atoms with Crippen molar-refractivity contribution >= 4 is 18.3 Å². The van der Waals surface area contributed by atoms with E-state index >= 15 is 0 Å². The highest BCUT2D eigenvalue weighted by molar-refractivity contribution is 5.85. The molecule has 0 saturated carbocycles. The molecule has 3 unspecified atom stereocenters. The number of carbonyl (C=O) groups is 1. The summed E-state index contributed by atoms with van der Waals surface area (Å²) in [7, 11) is 0. The minimum Gasteiger partial charge on any atom is -0.491 e. The summed E-state index contributed by atoms with van der Waals surface area (Å²) in [4.78, 5) is 11.9. The number of nitrogens with one attached hydrogen (secondary N) is 2. The molecule has 1 aromatic rings. The monoisotopic (exact) mass is 368 g/mol. The van der Waals surface area contributed by atoms with E-state index in [1.54, 1.807) is 6.92 Å². The van der Waals surface area contributed by atoms with E-state index in [2.05, 4.69) is 10.6 Å². The zero-order chi connectivity index (χ0) is 17.0. The minimum atomic E-state index is -4.49. The maximum atomic E-state index is 12.8. The average Bonchev–Trinajstić information content (AvgIpc) is 2.91. The molecule has 0 aromatic heterocycles. The van der Waals surface area contributed by atoms with Crippen LogP contribution in [-0.2, 0) is 11.0 Å². The lowest BCUT2D eigenvalue weighted by Gasteiger charge is -2.19. The van der Waals surface area contributed by atoms with E-state index in [4.69, 9.17) is 4.74 Å². The first-order valence-electron chi connectivity index (χ1n) is 7.28. The van der Waals surface area contributed by atoms with E-state index in [1.165, 1.54) is 18.2 Å². The summed E-state index contributed by atoms with van der Waals surface area (Å²) in [5, 5.41) is 14.9. The van der Waals surface area contributed by atoms with Crippen LogP contribution < -0.4 is 15.4 Å². The van der Waals surface area contributed by atoms with E-state index in [0.717, 1.165) is 6.07 Å². The Morgan fingerprint density at radius 3 is 2.71 bits per heavy atom. The van der Waals surface area contributed by atoms with Crippen LogP contribution >= 0.6 is 12.4 Å². The Hall–Kier alpha value is -1.51. The summed E-state index contributed by atoms with van der Waals surface area (Å²) in [6.45, 7) is 1.90. The number of β-amino-alcohol motifs (C(OH)–C–C–N with tert-alkyl or cyclic N) is 1. The number of carbonyl (C=O) groups excluding carboxylic acids is 1. The van der Waals surface area contributed by atoms with Gasteiger partial charge in [0, 0.05) is 6.54 Å². The van der Waals surface area contributed by atoms with Crippen LogP contribution in [0.4, 0.5) is 13.2 Å². The molecule has 0 aliphatic carbocycles. The number of hydrogen-bond donors (Lipinski definition) is 3. The van der Waals surface area contributed by atoms with E-state index in [-0.39, 0.29) is 30.7 Å². The fourth-order valence-corrected chi connectivity index (χ4v) is 2.34. The van der Waals surface area contributed by atoms with Crippen LogP contribution in [0, 0.1) is 0 Å². The predicted octanol–water partition coefficient (Wildman–Crippen LogP) is 1.73. The SMILES string of the molecule is CC(COc1ccccc1C(F)(F)F)NC(=O)C1CC(O)CN1.Cl. The van der Waals surface area contributed by atoms with Crippen molar-refractivity contribution in [3.63, 3.8) is 0 Å². The number of para-hydroxylation sites is 1. The topological polar surface area (TPSA) is 70.6 Å². The van der Waals surface area contributed by atoms with Gasteiger partial charge in [0.1, 0.15) is 12.4 Å². The Kier molecular flexibility index (Phi) is 7.31. The third kappa shape index (κ3) is 5.54. The van der Waals surface area contributed by atoms with Gasteiger partial charge in [-0.1, -0.05) is 12.1 Å². The van der Waals surface area contributed by atoms with E-state index in [9.17, 15) is 23.1 Å². The standard InChI is InChI=1S/C15H19F3N2O3.ClH/c1-9(20-14(22)12-6-10(21)7-19-12)8-23-13-5-3-2-4-11(13)15(16,17)18;/h2-5,9-10,12,19,21H,6-8H2,1H3,(H,20,22);1H. The Labute approximate surface area is 144 Å². The van der Waals surface area contributed by atoms with Gasteiger partial charge in [-0.2, -0.15) is 13.2 Å². The Morgan fingerprint density at radius 2 is 2.12 bits per heavy atom. The van der Waals surface area contributed by atoms with Crippen molar-refractivity contribution in [1.82, 2.24) is 10.6 Å². The molecule has 0 radical (unpaired) electrons. The molecule has 136 valence electrons. The molecule has 2 rings (SSSR count). The fraction of sp³-hybridized carbons (Fsp3) is 0.533. The highest BCUT2D eigenvalue weighted by atomic mass is 35.5. The van der Waals surface area contributed by atoms with Crippen LogP contribution in [0.5, 0.6) is 5.75 Å². The maximum Gasteiger partial charge on any atom is 0.419 e. The maximum absolute atomic E-state index is 12.8. The largest absolute Gasteiger partial charge is 0.491 e. The van der Waals surface area contributed by atoms with Gasteiger partial charge < -0.3 is 20.5 Å². The quantitative estimate of drug-likeness (QED) is 0.740. The third-order valence-electron chi connectivity index (χ3n) is 3.49. The first kappa shape index (κ1) is 20.5. The van der Waals surface area contributed by atoms with Crippen molar-refractivity contribution in [3.8, 4) is 5.75 Å². The number of hydrogen-bond acceptors (Lipinski definition) is 4. The van der Waals surface area contributed by atoms with Crippen molar-refractivity contribution in [2.75, 3.05) is 13.2 Å². The molecule has 1 amide bonds. The second-order valence-corrected chi connectivity index (χ2v) is 5.56. The van der Waals surface area contributed by atoms with Crippen molar-refractivity contribution in [1.29, 1.82) is 0 Å². The number of aliphatic hydroxyl groups is 1. The van der Waals surface area contributed by atoms with Gasteiger partial charge in [0.15, 0.2) is 0 Å². The first-order valence-corrected chi connectivity index (χ1v) is 7.28. The normalized spacial score (nSPS) is 21.7. The van der Waals surface area contributed by atoms with Crippen LogP contribution in [0.25, 0.3) is 0 Å². The van der Waals surface area contributed by atoms with Crippen LogP contribution in [-0.4, -0.2) is 42.4 Å². The molecule has 0 spiro atoms. The molecule has 3 N–H and O–H groups in total. The lowest BCUT2D eigenvalue weighted by molar-refractivity contribution is -0.139. The van der Waals surface area contributed by atoms with Gasteiger partial charge >= 0.3 is 6.18 Å². The molecule has 1 aromatic carbocycles. The zero-order valence-corrected chi connectivity index (χ0v) is 13.8. The second-order valence-electron chi connectivity index (χ2n) is 5.56. The number of amides is 1. The molecule has 0 bridgehead atoms. The predicted molar refractivity (Wildman–Crippen MR) is 84.2 cm³/mol. The van der Waals surface area contributed by atoms with Gasteiger partial charge in [0.05, 0.1) is 23.8 Å². The molecule has 1 aliphatic rings. The zero-order valence-electron chi connectivity index (χ0n) is 13.0. The Balaban J connectivity index is 0.00000288. The molecule has 1 aliphatic heterocycles. The second kappa shape index (κ2) is 8.55. The average molecular weight is 369 g/mol. The highest BCUT2D eigenvalue weighted by Gasteiger charge is 2.34. The minimum absolute atomic E-state index is 0. The van der Waals surface area contributed by atoms with E-state index < -0.39 is 29.9 Å². The number of benzene rings is 1. The van der Waals surface area contributed by atoms with Crippen LogP contribution in [0.1, 0.15) is 18.9 Å². The van der Waals surface area contributed by atoms with Gasteiger partial charge in [-0.05, 0) is 25.5 Å². The number of alkyl halides is 3. The lowest BCUT2D eigenvalue weighted by atomic mass is 10.2. The van der Waals surface area contributed by atoms with Crippen molar-refractivity contribution in [2.24, 2.45) is 0 Å². The van der Waals surface area contributed by atoms with Gasteiger partial charge in [-0.25, -0.2) is 0 Å². The van der Waals surface area contributed by atoms with Gasteiger partial charge in [0.2, 0.25) is 5.91 Å². The first-order chi connectivity index (χ1) is 10.8. The molecular formula is C15H20ClF3N2O3. The number of ether oxygens (including phenoxy) is 1. The molecule has 3 atom stereocenters. The molecule has 1 saturated heterocycles. The van der Waals surface area contributed by atoms with E-state index in [1.807, 2.05) is 0 Å². The molecule has 1 heterocycles. The van der Waals surface area contributed by atoms with E-state index in [0.29, 0.717) is 13.0 Å². The number of rotatable bonds is 5. The Morgan fingerprint density at radius 1 is 1.46 bits per heavy atom. The van der Waals surface area contributed by atoms with Crippen molar-refractivity contribution in [3.05, 3.63) is 29.8 Å². The lowest BCUT2D eigenvalue weighted by Crippen LogP contribution is -2.46. The summed E-state index contributed by atoms with van der Waals surface area (Å²) in [6.07, 6.45) is -4.74. The highest BCUT2D eigenvalue weighted by Crippen LogP contribution is 2.35. The third-order valence-corrected chi connectivity index (χ3v) is 3.49. The van der Waals surface area contributed by atoms with Crippen LogP contribution in [0.15, 0.2) is 24.3 Å². The summed E-state index contributed by atoms with van der Waals surface area (Å²) >= 11 is 0. The van der Waals surface area contributed by atoms with Gasteiger partial charge in [-0.3, -0.25) is 4.79 Å². The smallest absolute Gasteiger partial charge is 0.419 e. The van der Waals surface area contributed by atoms with Gasteiger partial charge in [-0.15, -0.1) is 12.4 Å².